The Kier molecular flexibility index (Phi) is 6.01. The number of hydrogen-bond donors (Lipinski definition) is 2. The first-order valence-corrected chi connectivity index (χ1v) is 7.10. The van der Waals surface area contributed by atoms with E-state index in [2.05, 4.69) is 10.5 Å². The number of ether oxygens (including phenoxy) is 1. The number of hydrogen-bond acceptors (Lipinski definition) is 4. The molecule has 0 unspecified atom stereocenters. The molecule has 2 aromatic carbocycles. The highest BCUT2D eigenvalue weighted by Crippen LogP contribution is 2.10. The van der Waals surface area contributed by atoms with Crippen LogP contribution >= 0.6 is 0 Å². The minimum atomic E-state index is -0.551. The Morgan fingerprint density at radius 3 is 2.42 bits per heavy atom. The molecule has 0 saturated heterocycles. The summed E-state index contributed by atoms with van der Waals surface area (Å²) < 4.78 is 17.9. The molecular formula is C17H16FN3O3. The molecule has 2 amide bonds. The number of nitrogens with two attached hydrogens (primary N) is 1. The van der Waals surface area contributed by atoms with Gasteiger partial charge in [-0.2, -0.15) is 5.10 Å². The molecule has 0 bridgehead atoms. The van der Waals surface area contributed by atoms with Crippen LogP contribution in [0, 0.1) is 5.82 Å². The Morgan fingerprint density at radius 2 is 1.79 bits per heavy atom. The molecule has 0 heterocycles. The van der Waals surface area contributed by atoms with E-state index in [1.54, 1.807) is 36.4 Å². The van der Waals surface area contributed by atoms with Crippen LogP contribution in [-0.4, -0.2) is 24.6 Å². The van der Waals surface area contributed by atoms with Crippen molar-refractivity contribution < 1.29 is 18.7 Å². The Labute approximate surface area is 138 Å². The second-order valence-electron chi connectivity index (χ2n) is 4.92. The monoisotopic (exact) mass is 329 g/mol. The predicted molar refractivity (Wildman–Crippen MR) is 87.0 cm³/mol. The molecule has 2 aromatic rings. The van der Waals surface area contributed by atoms with Crippen LogP contribution in [0.5, 0.6) is 5.75 Å². The van der Waals surface area contributed by atoms with Crippen LogP contribution in [0.15, 0.2) is 53.6 Å². The summed E-state index contributed by atoms with van der Waals surface area (Å²) in [5, 5.41) is 3.85. The third kappa shape index (κ3) is 5.88. The lowest BCUT2D eigenvalue weighted by Gasteiger charge is -2.03. The largest absolute Gasteiger partial charge is 0.484 e. The van der Waals surface area contributed by atoms with Crippen molar-refractivity contribution in [1.29, 1.82) is 0 Å². The Hall–Kier alpha value is -3.22. The maximum atomic E-state index is 12.8. The fourth-order valence-electron chi connectivity index (χ4n) is 1.81. The number of halogens is 1. The number of nitrogens with one attached hydrogen (secondary N) is 1. The van der Waals surface area contributed by atoms with Crippen molar-refractivity contribution in [3.63, 3.8) is 0 Å². The van der Waals surface area contributed by atoms with E-state index < -0.39 is 5.91 Å². The molecule has 124 valence electrons. The van der Waals surface area contributed by atoms with Gasteiger partial charge in [0.2, 0.25) is 5.91 Å². The molecule has 0 saturated carbocycles. The summed E-state index contributed by atoms with van der Waals surface area (Å²) in [6.45, 7) is -0.188. The summed E-state index contributed by atoms with van der Waals surface area (Å²) in [7, 11) is 0. The zero-order chi connectivity index (χ0) is 17.4. The van der Waals surface area contributed by atoms with E-state index in [1.165, 1.54) is 18.3 Å². The minimum Gasteiger partial charge on any atom is -0.484 e. The number of carbonyl (C=O) groups excluding carboxylic acids is 2. The van der Waals surface area contributed by atoms with Gasteiger partial charge in [-0.05, 0) is 47.5 Å². The first kappa shape index (κ1) is 17.1. The van der Waals surface area contributed by atoms with Gasteiger partial charge in [0.15, 0.2) is 6.61 Å². The first-order chi connectivity index (χ1) is 11.5. The fraction of sp³-hybridized carbons (Fsp3) is 0.118. The van der Waals surface area contributed by atoms with Crippen molar-refractivity contribution in [2.24, 2.45) is 10.8 Å². The van der Waals surface area contributed by atoms with Gasteiger partial charge in [0.05, 0.1) is 12.6 Å². The van der Waals surface area contributed by atoms with Crippen LogP contribution in [0.1, 0.15) is 11.1 Å². The number of carbonyl (C=O) groups is 2. The molecule has 7 heteroatoms. The highest BCUT2D eigenvalue weighted by molar-refractivity contribution is 5.83. The lowest BCUT2D eigenvalue weighted by molar-refractivity contribution is -0.121. The lowest BCUT2D eigenvalue weighted by atomic mass is 10.1. The highest BCUT2D eigenvalue weighted by Gasteiger charge is 2.02. The molecule has 0 aliphatic heterocycles. The number of hydrazone groups is 1. The lowest BCUT2D eigenvalue weighted by Crippen LogP contribution is -2.20. The third-order valence-corrected chi connectivity index (χ3v) is 2.94. The molecular weight excluding hydrogens is 313 g/mol. The number of benzene rings is 2. The average Bonchev–Trinajstić information content (AvgIpc) is 2.56. The zero-order valence-electron chi connectivity index (χ0n) is 12.7. The van der Waals surface area contributed by atoms with Crippen molar-refractivity contribution in [1.82, 2.24) is 5.43 Å². The van der Waals surface area contributed by atoms with Crippen LogP contribution in [0.4, 0.5) is 4.39 Å². The summed E-state index contributed by atoms with van der Waals surface area (Å²) in [6.07, 6.45) is 1.58. The standard InChI is InChI=1S/C17H16FN3O3/c18-14-5-1-12(2-6-14)9-17(23)21-20-10-13-3-7-15(8-4-13)24-11-16(19)22/h1-8,10H,9,11H2,(H2,19,22)(H,21,23)/b20-10+. The van der Waals surface area contributed by atoms with Crippen LogP contribution < -0.4 is 15.9 Å². The van der Waals surface area contributed by atoms with Gasteiger partial charge in [-0.1, -0.05) is 12.1 Å². The second kappa shape index (κ2) is 8.42. The van der Waals surface area contributed by atoms with Gasteiger partial charge in [-0.25, -0.2) is 9.82 Å². The molecule has 0 radical (unpaired) electrons. The van der Waals surface area contributed by atoms with Crippen LogP contribution in [0.3, 0.4) is 0 Å². The van der Waals surface area contributed by atoms with Crippen LogP contribution in [0.2, 0.25) is 0 Å². The van der Waals surface area contributed by atoms with Gasteiger partial charge in [-0.3, -0.25) is 9.59 Å². The van der Waals surface area contributed by atoms with Crippen molar-refractivity contribution in [3.05, 3.63) is 65.5 Å². The maximum Gasteiger partial charge on any atom is 0.255 e. The summed E-state index contributed by atoms with van der Waals surface area (Å²) in [5.74, 6) is -0.699. The van der Waals surface area contributed by atoms with Crippen molar-refractivity contribution in [3.8, 4) is 5.75 Å². The summed E-state index contributed by atoms with van der Waals surface area (Å²) in [5.41, 5.74) is 8.81. The van der Waals surface area contributed by atoms with Crippen molar-refractivity contribution >= 4 is 18.0 Å². The molecule has 0 aromatic heterocycles. The summed E-state index contributed by atoms with van der Waals surface area (Å²) >= 11 is 0. The molecule has 24 heavy (non-hydrogen) atoms. The molecule has 0 atom stereocenters. The highest BCUT2D eigenvalue weighted by atomic mass is 19.1. The molecule has 0 aliphatic carbocycles. The van der Waals surface area contributed by atoms with Crippen molar-refractivity contribution in [2.75, 3.05) is 6.61 Å². The Morgan fingerprint density at radius 1 is 1.12 bits per heavy atom. The van der Waals surface area contributed by atoms with E-state index in [9.17, 15) is 14.0 Å². The van der Waals surface area contributed by atoms with Gasteiger partial charge >= 0.3 is 0 Å². The molecule has 0 aliphatic rings. The van der Waals surface area contributed by atoms with E-state index >= 15 is 0 Å². The minimum absolute atomic E-state index is 0.109. The summed E-state index contributed by atoms with van der Waals surface area (Å²) in [4.78, 5) is 22.3. The topological polar surface area (TPSA) is 93.8 Å². The third-order valence-electron chi connectivity index (χ3n) is 2.94. The van der Waals surface area contributed by atoms with Crippen molar-refractivity contribution in [2.45, 2.75) is 6.42 Å². The van der Waals surface area contributed by atoms with E-state index in [4.69, 9.17) is 10.5 Å². The van der Waals surface area contributed by atoms with E-state index in [0.717, 1.165) is 5.56 Å². The number of primary amides is 1. The zero-order valence-corrected chi connectivity index (χ0v) is 12.7. The molecule has 6 nitrogen and oxygen atoms in total. The van der Waals surface area contributed by atoms with E-state index in [0.29, 0.717) is 11.3 Å². The summed E-state index contributed by atoms with van der Waals surface area (Å²) in [6, 6.07) is 12.4. The van der Waals surface area contributed by atoms with Gasteiger partial charge in [0.25, 0.3) is 5.91 Å². The maximum absolute atomic E-state index is 12.8. The molecule has 3 N–H and O–H groups in total. The van der Waals surface area contributed by atoms with E-state index in [-0.39, 0.29) is 24.8 Å². The quantitative estimate of drug-likeness (QED) is 0.593. The fourth-order valence-corrected chi connectivity index (χ4v) is 1.81. The van der Waals surface area contributed by atoms with Crippen LogP contribution in [-0.2, 0) is 16.0 Å². The number of rotatable bonds is 7. The Bertz CT molecular complexity index is 728. The Balaban J connectivity index is 1.81. The van der Waals surface area contributed by atoms with E-state index in [1.807, 2.05) is 0 Å². The SMILES string of the molecule is NC(=O)COc1ccc(/C=N/NC(=O)Cc2ccc(F)cc2)cc1. The number of amides is 2. The predicted octanol–water partition coefficient (Wildman–Crippen LogP) is 1.38. The normalized spacial score (nSPS) is 10.5. The molecule has 0 spiro atoms. The first-order valence-electron chi connectivity index (χ1n) is 7.10. The van der Waals surface area contributed by atoms with Gasteiger partial charge in [-0.15, -0.1) is 0 Å². The average molecular weight is 329 g/mol. The van der Waals surface area contributed by atoms with Gasteiger partial charge in [0, 0.05) is 0 Å². The smallest absolute Gasteiger partial charge is 0.255 e. The molecule has 0 fully saturated rings. The second-order valence-corrected chi connectivity index (χ2v) is 4.92. The van der Waals surface area contributed by atoms with Gasteiger partial charge in [0.1, 0.15) is 11.6 Å². The number of nitrogens with zero attached hydrogens (tertiary/aromatic N) is 1. The molecule has 2 rings (SSSR count). The van der Waals surface area contributed by atoms with Gasteiger partial charge < -0.3 is 10.5 Å². The van der Waals surface area contributed by atoms with Crippen LogP contribution in [0.25, 0.3) is 0 Å².